The number of rotatable bonds is 5. The first-order valence-electron chi connectivity index (χ1n) is 6.91. The molecule has 0 fully saturated rings. The SMILES string of the molecule is CC(N)CSc1cc(C(=O)Nc2cc(F)c(F)c(F)c2)ccc1Cl. The molecule has 128 valence electrons. The normalized spacial score (nSPS) is 12.1. The number of nitrogens with one attached hydrogen (secondary N) is 1. The molecular formula is C16H14ClF3N2OS. The summed E-state index contributed by atoms with van der Waals surface area (Å²) in [6.07, 6.45) is 0. The second kappa shape index (κ2) is 7.92. The van der Waals surface area contributed by atoms with Crippen molar-refractivity contribution < 1.29 is 18.0 Å². The van der Waals surface area contributed by atoms with Crippen LogP contribution in [-0.2, 0) is 0 Å². The quantitative estimate of drug-likeness (QED) is 0.600. The monoisotopic (exact) mass is 374 g/mol. The summed E-state index contributed by atoms with van der Waals surface area (Å²) in [4.78, 5) is 12.9. The van der Waals surface area contributed by atoms with Crippen molar-refractivity contribution >= 4 is 35.0 Å². The van der Waals surface area contributed by atoms with E-state index in [1.54, 1.807) is 12.1 Å². The molecule has 1 atom stereocenters. The van der Waals surface area contributed by atoms with Gasteiger partial charge < -0.3 is 11.1 Å². The maximum absolute atomic E-state index is 13.2. The molecule has 0 aliphatic heterocycles. The molecule has 0 aliphatic rings. The Kier molecular flexibility index (Phi) is 6.15. The van der Waals surface area contributed by atoms with Gasteiger partial charge in [-0.15, -0.1) is 11.8 Å². The smallest absolute Gasteiger partial charge is 0.255 e. The summed E-state index contributed by atoms with van der Waals surface area (Å²) in [5, 5.41) is 2.78. The first kappa shape index (κ1) is 18.6. The van der Waals surface area contributed by atoms with E-state index in [1.165, 1.54) is 17.8 Å². The molecule has 0 bridgehead atoms. The highest BCUT2D eigenvalue weighted by Gasteiger charge is 2.14. The summed E-state index contributed by atoms with van der Waals surface area (Å²) >= 11 is 7.46. The molecule has 8 heteroatoms. The van der Waals surface area contributed by atoms with Crippen LogP contribution in [0.25, 0.3) is 0 Å². The molecule has 2 rings (SSSR count). The average molecular weight is 375 g/mol. The molecule has 2 aromatic rings. The maximum atomic E-state index is 13.2. The molecule has 2 aromatic carbocycles. The zero-order valence-electron chi connectivity index (χ0n) is 12.6. The Morgan fingerprint density at radius 1 is 1.25 bits per heavy atom. The van der Waals surface area contributed by atoms with Crippen LogP contribution in [0.3, 0.4) is 0 Å². The molecule has 0 aromatic heterocycles. The van der Waals surface area contributed by atoms with Gasteiger partial charge in [-0.2, -0.15) is 0 Å². The van der Waals surface area contributed by atoms with Crippen molar-refractivity contribution in [1.29, 1.82) is 0 Å². The van der Waals surface area contributed by atoms with Crippen molar-refractivity contribution in [2.45, 2.75) is 17.9 Å². The number of halogens is 4. The minimum absolute atomic E-state index is 0.0475. The molecule has 1 unspecified atom stereocenters. The van der Waals surface area contributed by atoms with E-state index >= 15 is 0 Å². The lowest BCUT2D eigenvalue weighted by Gasteiger charge is -2.10. The number of anilines is 1. The van der Waals surface area contributed by atoms with Gasteiger partial charge in [-0.05, 0) is 25.1 Å². The van der Waals surface area contributed by atoms with Crippen molar-refractivity contribution in [3.05, 3.63) is 58.4 Å². The van der Waals surface area contributed by atoms with Crippen molar-refractivity contribution in [3.63, 3.8) is 0 Å². The molecule has 0 spiro atoms. The van der Waals surface area contributed by atoms with Gasteiger partial charge in [-0.3, -0.25) is 4.79 Å². The maximum Gasteiger partial charge on any atom is 0.255 e. The van der Waals surface area contributed by atoms with Crippen LogP contribution in [0, 0.1) is 17.5 Å². The van der Waals surface area contributed by atoms with Gasteiger partial charge in [0.1, 0.15) is 0 Å². The third-order valence-electron chi connectivity index (χ3n) is 2.94. The highest BCUT2D eigenvalue weighted by molar-refractivity contribution is 7.99. The van der Waals surface area contributed by atoms with Gasteiger partial charge in [0.2, 0.25) is 0 Å². The van der Waals surface area contributed by atoms with E-state index in [0.29, 0.717) is 27.8 Å². The van der Waals surface area contributed by atoms with Gasteiger partial charge >= 0.3 is 0 Å². The van der Waals surface area contributed by atoms with Crippen molar-refractivity contribution in [3.8, 4) is 0 Å². The molecule has 0 aliphatic carbocycles. The predicted molar refractivity (Wildman–Crippen MR) is 90.1 cm³/mol. The Bertz CT molecular complexity index is 748. The molecule has 24 heavy (non-hydrogen) atoms. The Morgan fingerprint density at radius 3 is 2.46 bits per heavy atom. The van der Waals surface area contributed by atoms with E-state index in [-0.39, 0.29) is 17.3 Å². The molecule has 0 heterocycles. The molecule has 0 saturated heterocycles. The van der Waals surface area contributed by atoms with Crippen molar-refractivity contribution in [2.75, 3.05) is 11.1 Å². The number of nitrogens with two attached hydrogens (primary N) is 1. The van der Waals surface area contributed by atoms with E-state index in [0.717, 1.165) is 0 Å². The fourth-order valence-corrected chi connectivity index (χ4v) is 2.95. The highest BCUT2D eigenvalue weighted by atomic mass is 35.5. The third-order valence-corrected chi connectivity index (χ3v) is 4.72. The Labute approximate surface area is 146 Å². The minimum Gasteiger partial charge on any atom is -0.327 e. The van der Waals surface area contributed by atoms with Gasteiger partial charge in [0.05, 0.1) is 5.02 Å². The summed E-state index contributed by atoms with van der Waals surface area (Å²) in [5.41, 5.74) is 5.75. The van der Waals surface area contributed by atoms with E-state index in [2.05, 4.69) is 5.32 Å². The largest absolute Gasteiger partial charge is 0.327 e. The summed E-state index contributed by atoms with van der Waals surface area (Å²) < 4.78 is 39.3. The second-order valence-corrected chi connectivity index (χ2v) is 6.61. The third kappa shape index (κ3) is 4.66. The zero-order chi connectivity index (χ0) is 17.9. The number of carbonyl (C=O) groups excluding carboxylic acids is 1. The van der Waals surface area contributed by atoms with E-state index < -0.39 is 23.4 Å². The van der Waals surface area contributed by atoms with Gasteiger partial charge in [0, 0.05) is 40.1 Å². The minimum atomic E-state index is -1.59. The summed E-state index contributed by atoms with van der Waals surface area (Å²) in [5.74, 6) is -4.34. The predicted octanol–water partition coefficient (Wildman–Crippen LogP) is 4.45. The fraction of sp³-hybridized carbons (Fsp3) is 0.188. The van der Waals surface area contributed by atoms with E-state index in [9.17, 15) is 18.0 Å². The van der Waals surface area contributed by atoms with Gasteiger partial charge in [-0.1, -0.05) is 11.6 Å². The standard InChI is InChI=1S/C16H14ClF3N2OS/c1-8(21)7-24-14-4-9(2-3-11(14)17)16(23)22-10-5-12(18)15(20)13(19)6-10/h2-6,8H,7,21H2,1H3,(H,22,23). The number of thioether (sulfide) groups is 1. The fourth-order valence-electron chi connectivity index (χ4n) is 1.81. The first-order chi connectivity index (χ1) is 11.3. The molecule has 1 amide bonds. The number of hydrogen-bond donors (Lipinski definition) is 2. The van der Waals surface area contributed by atoms with Crippen LogP contribution in [0.2, 0.25) is 5.02 Å². The summed E-state index contributed by atoms with van der Waals surface area (Å²) in [7, 11) is 0. The topological polar surface area (TPSA) is 55.1 Å². The van der Waals surface area contributed by atoms with E-state index in [4.69, 9.17) is 17.3 Å². The van der Waals surface area contributed by atoms with Crippen molar-refractivity contribution in [2.24, 2.45) is 5.73 Å². The Hall–Kier alpha value is -1.70. The van der Waals surface area contributed by atoms with Gasteiger partial charge in [0.15, 0.2) is 17.5 Å². The summed E-state index contributed by atoms with van der Waals surface area (Å²) in [6.45, 7) is 1.84. The number of benzene rings is 2. The van der Waals surface area contributed by atoms with E-state index in [1.807, 2.05) is 6.92 Å². The number of carbonyl (C=O) groups is 1. The van der Waals surface area contributed by atoms with Crippen LogP contribution in [0.5, 0.6) is 0 Å². The van der Waals surface area contributed by atoms with Crippen molar-refractivity contribution in [1.82, 2.24) is 0 Å². The summed E-state index contributed by atoms with van der Waals surface area (Å²) in [6, 6.07) is 5.95. The Balaban J connectivity index is 2.19. The number of amides is 1. The Morgan fingerprint density at radius 2 is 1.88 bits per heavy atom. The second-order valence-electron chi connectivity index (χ2n) is 5.14. The lowest BCUT2D eigenvalue weighted by Crippen LogP contribution is -2.17. The van der Waals surface area contributed by atoms with Crippen LogP contribution in [-0.4, -0.2) is 17.7 Å². The molecule has 0 radical (unpaired) electrons. The first-order valence-corrected chi connectivity index (χ1v) is 8.28. The van der Waals surface area contributed by atoms with Crippen LogP contribution in [0.15, 0.2) is 35.2 Å². The zero-order valence-corrected chi connectivity index (χ0v) is 14.1. The molecular weight excluding hydrogens is 361 g/mol. The van der Waals surface area contributed by atoms with Crippen LogP contribution in [0.1, 0.15) is 17.3 Å². The van der Waals surface area contributed by atoms with Crippen LogP contribution < -0.4 is 11.1 Å². The molecule has 0 saturated carbocycles. The average Bonchev–Trinajstić information content (AvgIpc) is 2.51. The molecule has 3 nitrogen and oxygen atoms in total. The highest BCUT2D eigenvalue weighted by Crippen LogP contribution is 2.29. The van der Waals surface area contributed by atoms with Gasteiger partial charge in [-0.25, -0.2) is 13.2 Å². The lowest BCUT2D eigenvalue weighted by atomic mass is 10.2. The number of hydrogen-bond acceptors (Lipinski definition) is 3. The van der Waals surface area contributed by atoms with Crippen LogP contribution >= 0.6 is 23.4 Å². The van der Waals surface area contributed by atoms with Gasteiger partial charge in [0.25, 0.3) is 5.91 Å². The van der Waals surface area contributed by atoms with Crippen LogP contribution in [0.4, 0.5) is 18.9 Å². The lowest BCUT2D eigenvalue weighted by molar-refractivity contribution is 0.102. The molecule has 3 N–H and O–H groups in total.